The van der Waals surface area contributed by atoms with Gasteiger partial charge in [-0.1, -0.05) is 0 Å². The van der Waals surface area contributed by atoms with E-state index in [1.54, 1.807) is 0 Å². The summed E-state index contributed by atoms with van der Waals surface area (Å²) in [5.41, 5.74) is 10.5. The predicted molar refractivity (Wildman–Crippen MR) is 65.1 cm³/mol. The second-order valence-electron chi connectivity index (χ2n) is 3.26. The normalized spacial score (nSPS) is 10.4. The number of thiophene rings is 1. The van der Waals surface area contributed by atoms with Crippen molar-refractivity contribution >= 4 is 33.8 Å². The van der Waals surface area contributed by atoms with Gasteiger partial charge in [0.15, 0.2) is 0 Å². The smallest absolute Gasteiger partial charge is 0.260 e. The summed E-state index contributed by atoms with van der Waals surface area (Å²) >= 11 is 0.775. The fraction of sp³-hybridized carbons (Fsp3) is 0.333. The number of alkyl halides is 2. The van der Waals surface area contributed by atoms with Crippen molar-refractivity contribution in [1.29, 1.82) is 0 Å². The third-order valence-corrected chi connectivity index (χ3v) is 3.22. The summed E-state index contributed by atoms with van der Waals surface area (Å²) in [4.78, 5) is 22.6. The maximum atomic E-state index is 12.1. The first-order chi connectivity index (χ1) is 8.38. The van der Waals surface area contributed by atoms with Gasteiger partial charge in [-0.25, -0.2) is 8.78 Å². The second kappa shape index (κ2) is 5.63. The van der Waals surface area contributed by atoms with Crippen LogP contribution >= 0.6 is 11.3 Å². The Bertz CT molecular complexity index is 475. The third kappa shape index (κ3) is 2.86. The number of amides is 2. The van der Waals surface area contributed by atoms with Gasteiger partial charge in [-0.3, -0.25) is 9.59 Å². The molecule has 9 heteroatoms. The average Bonchev–Trinajstić information content (AvgIpc) is 2.63. The SMILES string of the molecule is CNC(=O)c1c(NCC(F)F)sc(C(N)=O)c1N. The largest absolute Gasteiger partial charge is 0.397 e. The van der Waals surface area contributed by atoms with Crippen LogP contribution in [0.4, 0.5) is 19.5 Å². The lowest BCUT2D eigenvalue weighted by Gasteiger charge is -2.06. The van der Waals surface area contributed by atoms with Crippen molar-refractivity contribution in [3.05, 3.63) is 10.4 Å². The molecular weight excluding hydrogens is 266 g/mol. The summed E-state index contributed by atoms with van der Waals surface area (Å²) in [5.74, 6) is -1.39. The number of carbonyl (C=O) groups excluding carboxylic acids is 2. The highest BCUT2D eigenvalue weighted by Crippen LogP contribution is 2.35. The van der Waals surface area contributed by atoms with Gasteiger partial charge in [0.1, 0.15) is 9.88 Å². The number of carbonyl (C=O) groups is 2. The zero-order valence-corrected chi connectivity index (χ0v) is 10.2. The van der Waals surface area contributed by atoms with Crippen LogP contribution < -0.4 is 22.1 Å². The molecule has 18 heavy (non-hydrogen) atoms. The Balaban J connectivity index is 3.17. The van der Waals surface area contributed by atoms with Gasteiger partial charge < -0.3 is 22.1 Å². The Morgan fingerprint density at radius 3 is 2.50 bits per heavy atom. The summed E-state index contributed by atoms with van der Waals surface area (Å²) in [6.45, 7) is -0.651. The summed E-state index contributed by atoms with van der Waals surface area (Å²) in [6, 6.07) is 0. The minimum absolute atomic E-state index is 0.0367. The van der Waals surface area contributed by atoms with Crippen LogP contribution in [-0.4, -0.2) is 31.8 Å². The van der Waals surface area contributed by atoms with Crippen molar-refractivity contribution < 1.29 is 18.4 Å². The summed E-state index contributed by atoms with van der Waals surface area (Å²) < 4.78 is 24.2. The molecule has 0 saturated heterocycles. The fourth-order valence-corrected chi connectivity index (χ4v) is 2.25. The summed E-state index contributed by atoms with van der Waals surface area (Å²) in [5, 5.41) is 4.77. The van der Waals surface area contributed by atoms with Gasteiger partial charge in [0.25, 0.3) is 18.2 Å². The number of rotatable bonds is 5. The van der Waals surface area contributed by atoms with Crippen molar-refractivity contribution in [3.63, 3.8) is 0 Å². The molecule has 0 spiro atoms. The molecule has 1 aromatic rings. The van der Waals surface area contributed by atoms with E-state index in [1.165, 1.54) is 7.05 Å². The van der Waals surface area contributed by atoms with E-state index >= 15 is 0 Å². The van der Waals surface area contributed by atoms with E-state index in [-0.39, 0.29) is 21.1 Å². The molecule has 0 unspecified atom stereocenters. The molecular formula is C9H12F2N4O2S. The molecule has 0 aliphatic rings. The van der Waals surface area contributed by atoms with E-state index in [2.05, 4.69) is 10.6 Å². The summed E-state index contributed by atoms with van der Waals surface area (Å²) in [6.07, 6.45) is -2.59. The molecule has 0 aliphatic carbocycles. The number of nitrogen functional groups attached to an aromatic ring is 1. The molecule has 0 fully saturated rings. The molecule has 2 amide bonds. The second-order valence-corrected chi connectivity index (χ2v) is 4.28. The first-order valence-electron chi connectivity index (χ1n) is 4.84. The van der Waals surface area contributed by atoms with Gasteiger partial charge in [-0.15, -0.1) is 11.3 Å². The van der Waals surface area contributed by atoms with Crippen LogP contribution in [0.1, 0.15) is 20.0 Å². The molecule has 100 valence electrons. The number of anilines is 2. The molecule has 0 atom stereocenters. The number of nitrogens with two attached hydrogens (primary N) is 2. The Kier molecular flexibility index (Phi) is 4.43. The van der Waals surface area contributed by atoms with Crippen LogP contribution in [0.25, 0.3) is 0 Å². The zero-order valence-electron chi connectivity index (χ0n) is 9.42. The maximum Gasteiger partial charge on any atom is 0.260 e. The molecule has 6 N–H and O–H groups in total. The van der Waals surface area contributed by atoms with E-state index < -0.39 is 24.8 Å². The topological polar surface area (TPSA) is 110 Å². The number of primary amides is 1. The first kappa shape index (κ1) is 14.2. The van der Waals surface area contributed by atoms with E-state index in [1.807, 2.05) is 0 Å². The van der Waals surface area contributed by atoms with Gasteiger partial charge >= 0.3 is 0 Å². The molecule has 1 heterocycles. The molecule has 0 aliphatic heterocycles. The molecule has 0 aromatic carbocycles. The first-order valence-corrected chi connectivity index (χ1v) is 5.66. The van der Waals surface area contributed by atoms with Crippen molar-refractivity contribution in [2.45, 2.75) is 6.43 Å². The number of hydrogen-bond acceptors (Lipinski definition) is 5. The van der Waals surface area contributed by atoms with Crippen LogP contribution in [0, 0.1) is 0 Å². The molecule has 1 aromatic heterocycles. The minimum atomic E-state index is -2.59. The van der Waals surface area contributed by atoms with Crippen LogP contribution in [0.3, 0.4) is 0 Å². The highest BCUT2D eigenvalue weighted by Gasteiger charge is 2.24. The average molecular weight is 278 g/mol. The molecule has 0 bridgehead atoms. The number of hydrogen-bond donors (Lipinski definition) is 4. The zero-order chi connectivity index (χ0) is 13.9. The lowest BCUT2D eigenvalue weighted by Crippen LogP contribution is -2.21. The number of nitrogens with one attached hydrogen (secondary N) is 2. The molecule has 6 nitrogen and oxygen atoms in total. The van der Waals surface area contributed by atoms with Gasteiger partial charge in [0.2, 0.25) is 0 Å². The van der Waals surface area contributed by atoms with Crippen LogP contribution in [-0.2, 0) is 0 Å². The quantitative estimate of drug-likeness (QED) is 0.627. The monoisotopic (exact) mass is 278 g/mol. The van der Waals surface area contributed by atoms with Gasteiger partial charge in [-0.05, 0) is 0 Å². The van der Waals surface area contributed by atoms with E-state index in [9.17, 15) is 18.4 Å². The Morgan fingerprint density at radius 1 is 1.44 bits per heavy atom. The van der Waals surface area contributed by atoms with Crippen LogP contribution in [0.5, 0.6) is 0 Å². The highest BCUT2D eigenvalue weighted by atomic mass is 32.1. The Labute approximate surface area is 105 Å². The standard InChI is InChI=1S/C9H12F2N4O2S/c1-14-8(17)4-5(12)6(7(13)16)18-9(4)15-2-3(10)11/h3,15H,2,12H2,1H3,(H2,13,16)(H,14,17). The van der Waals surface area contributed by atoms with Crippen molar-refractivity contribution in [2.75, 3.05) is 24.6 Å². The van der Waals surface area contributed by atoms with Crippen molar-refractivity contribution in [2.24, 2.45) is 5.73 Å². The van der Waals surface area contributed by atoms with E-state index in [0.29, 0.717) is 0 Å². The lowest BCUT2D eigenvalue weighted by molar-refractivity contribution is 0.0964. The van der Waals surface area contributed by atoms with Crippen LogP contribution in [0.15, 0.2) is 0 Å². The third-order valence-electron chi connectivity index (χ3n) is 2.04. The van der Waals surface area contributed by atoms with Crippen LogP contribution in [0.2, 0.25) is 0 Å². The van der Waals surface area contributed by atoms with Gasteiger partial charge in [-0.2, -0.15) is 0 Å². The Hall–Kier alpha value is -1.90. The molecule has 1 rings (SSSR count). The van der Waals surface area contributed by atoms with Gasteiger partial charge in [0.05, 0.1) is 17.8 Å². The molecule has 0 saturated carbocycles. The van der Waals surface area contributed by atoms with Gasteiger partial charge in [0, 0.05) is 7.05 Å². The number of halogens is 2. The highest BCUT2D eigenvalue weighted by molar-refractivity contribution is 7.19. The van der Waals surface area contributed by atoms with Crippen molar-refractivity contribution in [3.8, 4) is 0 Å². The fourth-order valence-electron chi connectivity index (χ4n) is 1.27. The summed E-state index contributed by atoms with van der Waals surface area (Å²) in [7, 11) is 1.36. The van der Waals surface area contributed by atoms with E-state index in [4.69, 9.17) is 11.5 Å². The van der Waals surface area contributed by atoms with E-state index in [0.717, 1.165) is 11.3 Å². The molecule has 0 radical (unpaired) electrons. The predicted octanol–water partition coefficient (Wildman–Crippen LogP) is 0.466. The maximum absolute atomic E-state index is 12.1. The lowest BCUT2D eigenvalue weighted by atomic mass is 10.2. The Morgan fingerprint density at radius 2 is 2.06 bits per heavy atom. The minimum Gasteiger partial charge on any atom is -0.397 e. The van der Waals surface area contributed by atoms with Crippen molar-refractivity contribution in [1.82, 2.24) is 5.32 Å².